The molecule has 25 heavy (non-hydrogen) atoms. The third kappa shape index (κ3) is 3.50. The van der Waals surface area contributed by atoms with Crippen LogP contribution < -0.4 is 0 Å². The zero-order valence-corrected chi connectivity index (χ0v) is 15.6. The van der Waals surface area contributed by atoms with E-state index in [2.05, 4.69) is 23.2 Å². The standard InChI is InChI=1S/C17H19N3O3S2/c1-10-4-5-12-11(7-10)8-13(25-12)16-18-19-17(23-16)24-9-15(22)20-6-2-3-14(20)21/h8,10H,2-7,9H2,1H3/t10-/m1/s1. The molecular formula is C17H19N3O3S2. The van der Waals surface area contributed by atoms with Crippen molar-refractivity contribution in [3.8, 4) is 10.8 Å². The molecule has 132 valence electrons. The molecule has 0 spiro atoms. The van der Waals surface area contributed by atoms with Crippen LogP contribution in [0.2, 0.25) is 0 Å². The number of nitrogens with zero attached hydrogens (tertiary/aromatic N) is 3. The van der Waals surface area contributed by atoms with Gasteiger partial charge < -0.3 is 4.42 Å². The Morgan fingerprint density at radius 1 is 1.44 bits per heavy atom. The number of carbonyl (C=O) groups is 2. The fourth-order valence-electron chi connectivity index (χ4n) is 3.29. The lowest BCUT2D eigenvalue weighted by molar-refractivity contribution is -0.140. The fourth-order valence-corrected chi connectivity index (χ4v) is 5.06. The van der Waals surface area contributed by atoms with E-state index in [1.807, 2.05) is 0 Å². The summed E-state index contributed by atoms with van der Waals surface area (Å²) in [6, 6.07) is 2.16. The summed E-state index contributed by atoms with van der Waals surface area (Å²) in [4.78, 5) is 27.4. The highest BCUT2D eigenvalue weighted by Crippen LogP contribution is 2.37. The lowest BCUT2D eigenvalue weighted by Gasteiger charge is -2.16. The lowest BCUT2D eigenvalue weighted by atomic mass is 9.90. The van der Waals surface area contributed by atoms with Crippen LogP contribution in [0.25, 0.3) is 10.8 Å². The van der Waals surface area contributed by atoms with Gasteiger partial charge in [-0.25, -0.2) is 0 Å². The van der Waals surface area contributed by atoms with Crippen LogP contribution in [-0.2, 0) is 22.4 Å². The molecule has 1 aliphatic carbocycles. The summed E-state index contributed by atoms with van der Waals surface area (Å²) in [6.45, 7) is 2.80. The molecule has 6 nitrogen and oxygen atoms in total. The van der Waals surface area contributed by atoms with Gasteiger partial charge in [-0.3, -0.25) is 14.5 Å². The van der Waals surface area contributed by atoms with Crippen LogP contribution in [0.15, 0.2) is 15.7 Å². The maximum atomic E-state index is 12.1. The van der Waals surface area contributed by atoms with Gasteiger partial charge in [-0.2, -0.15) is 0 Å². The number of aromatic nitrogens is 2. The maximum absolute atomic E-state index is 12.1. The number of thioether (sulfide) groups is 1. The van der Waals surface area contributed by atoms with Gasteiger partial charge in [0, 0.05) is 17.8 Å². The number of aryl methyl sites for hydroxylation is 1. The van der Waals surface area contributed by atoms with Crippen LogP contribution in [-0.4, -0.2) is 39.2 Å². The van der Waals surface area contributed by atoms with E-state index < -0.39 is 0 Å². The normalized spacial score (nSPS) is 20.1. The molecule has 0 radical (unpaired) electrons. The molecule has 1 aliphatic heterocycles. The SMILES string of the molecule is C[C@@H]1CCc2sc(-c3nnc(SCC(=O)N4CCCC4=O)o3)cc2C1. The summed E-state index contributed by atoms with van der Waals surface area (Å²) in [6.07, 6.45) is 4.68. The van der Waals surface area contributed by atoms with Crippen molar-refractivity contribution < 1.29 is 14.0 Å². The molecule has 2 aromatic heterocycles. The van der Waals surface area contributed by atoms with Gasteiger partial charge in [0.25, 0.3) is 11.1 Å². The first-order chi connectivity index (χ1) is 12.1. The number of imide groups is 1. The Kier molecular flexibility index (Phi) is 4.64. The van der Waals surface area contributed by atoms with E-state index in [1.54, 1.807) is 11.3 Å². The number of amides is 2. The number of carbonyl (C=O) groups excluding carboxylic acids is 2. The van der Waals surface area contributed by atoms with E-state index in [-0.39, 0.29) is 17.6 Å². The number of hydrogen-bond acceptors (Lipinski definition) is 7. The van der Waals surface area contributed by atoms with Crippen molar-refractivity contribution in [1.29, 1.82) is 0 Å². The quantitative estimate of drug-likeness (QED) is 0.762. The first kappa shape index (κ1) is 16.8. The Morgan fingerprint density at radius 2 is 2.32 bits per heavy atom. The molecule has 1 fully saturated rings. The van der Waals surface area contributed by atoms with Gasteiger partial charge in [0.15, 0.2) is 0 Å². The van der Waals surface area contributed by atoms with Crippen LogP contribution in [0.1, 0.15) is 36.6 Å². The van der Waals surface area contributed by atoms with Crippen molar-refractivity contribution in [2.24, 2.45) is 5.92 Å². The van der Waals surface area contributed by atoms with Gasteiger partial charge in [-0.1, -0.05) is 18.7 Å². The maximum Gasteiger partial charge on any atom is 0.277 e. The second-order valence-electron chi connectivity index (χ2n) is 6.61. The molecule has 1 saturated heterocycles. The summed E-state index contributed by atoms with van der Waals surface area (Å²) in [5.41, 5.74) is 1.40. The van der Waals surface area contributed by atoms with Crippen molar-refractivity contribution in [3.05, 3.63) is 16.5 Å². The van der Waals surface area contributed by atoms with E-state index in [9.17, 15) is 9.59 Å². The Morgan fingerprint density at radius 3 is 3.12 bits per heavy atom. The summed E-state index contributed by atoms with van der Waals surface area (Å²) in [5.74, 6) is 1.11. The highest BCUT2D eigenvalue weighted by molar-refractivity contribution is 7.99. The second-order valence-corrected chi connectivity index (χ2v) is 8.67. The number of fused-ring (bicyclic) bond motifs is 1. The fraction of sp³-hybridized carbons (Fsp3) is 0.529. The molecule has 3 heterocycles. The van der Waals surface area contributed by atoms with E-state index in [0.29, 0.717) is 24.1 Å². The van der Waals surface area contributed by atoms with E-state index in [4.69, 9.17) is 4.42 Å². The summed E-state index contributed by atoms with van der Waals surface area (Å²) >= 11 is 2.91. The van der Waals surface area contributed by atoms with Crippen LogP contribution in [0.4, 0.5) is 0 Å². The molecule has 0 bridgehead atoms. The molecule has 0 unspecified atom stereocenters. The molecule has 2 amide bonds. The minimum absolute atomic E-state index is 0.0878. The molecule has 8 heteroatoms. The Bertz CT molecular complexity index is 814. The van der Waals surface area contributed by atoms with Crippen LogP contribution >= 0.6 is 23.1 Å². The molecule has 1 atom stereocenters. The minimum atomic E-state index is -0.187. The van der Waals surface area contributed by atoms with Gasteiger partial charge in [0.05, 0.1) is 10.6 Å². The molecule has 0 aromatic carbocycles. The Balaban J connectivity index is 1.41. The smallest absolute Gasteiger partial charge is 0.277 e. The lowest BCUT2D eigenvalue weighted by Crippen LogP contribution is -2.33. The van der Waals surface area contributed by atoms with Gasteiger partial charge in [0.2, 0.25) is 11.8 Å². The van der Waals surface area contributed by atoms with Crippen LogP contribution in [0.5, 0.6) is 0 Å². The monoisotopic (exact) mass is 377 g/mol. The van der Waals surface area contributed by atoms with Crippen molar-refractivity contribution in [2.75, 3.05) is 12.3 Å². The first-order valence-electron chi connectivity index (χ1n) is 8.51. The zero-order valence-electron chi connectivity index (χ0n) is 14.0. The van der Waals surface area contributed by atoms with E-state index in [0.717, 1.165) is 30.1 Å². The van der Waals surface area contributed by atoms with Gasteiger partial charge in [-0.05, 0) is 43.2 Å². The van der Waals surface area contributed by atoms with Crippen molar-refractivity contribution in [2.45, 2.75) is 44.3 Å². The van der Waals surface area contributed by atoms with Gasteiger partial charge in [-0.15, -0.1) is 21.5 Å². The Labute approximate surface area is 154 Å². The van der Waals surface area contributed by atoms with Crippen molar-refractivity contribution in [1.82, 2.24) is 15.1 Å². The molecule has 2 aliphatic rings. The average Bonchev–Trinajstić information content (AvgIpc) is 3.30. The number of rotatable bonds is 4. The van der Waals surface area contributed by atoms with E-state index >= 15 is 0 Å². The molecule has 4 rings (SSSR count). The molecule has 2 aromatic rings. The predicted molar refractivity (Wildman–Crippen MR) is 95.5 cm³/mol. The first-order valence-corrected chi connectivity index (χ1v) is 10.3. The van der Waals surface area contributed by atoms with Crippen LogP contribution in [0, 0.1) is 5.92 Å². The van der Waals surface area contributed by atoms with Gasteiger partial charge in [0.1, 0.15) is 0 Å². The molecular weight excluding hydrogens is 358 g/mol. The van der Waals surface area contributed by atoms with Crippen molar-refractivity contribution >= 4 is 34.9 Å². The minimum Gasteiger partial charge on any atom is -0.410 e. The number of likely N-dealkylation sites (tertiary alicyclic amines) is 1. The third-order valence-electron chi connectivity index (χ3n) is 4.64. The number of thiophene rings is 1. The summed E-state index contributed by atoms with van der Waals surface area (Å²) in [7, 11) is 0. The molecule has 0 saturated carbocycles. The number of hydrogen-bond donors (Lipinski definition) is 0. The Hall–Kier alpha value is -1.67. The predicted octanol–water partition coefficient (Wildman–Crippen LogP) is 3.16. The largest absolute Gasteiger partial charge is 0.410 e. The highest BCUT2D eigenvalue weighted by atomic mass is 32.2. The highest BCUT2D eigenvalue weighted by Gasteiger charge is 2.27. The van der Waals surface area contributed by atoms with Crippen LogP contribution in [0.3, 0.4) is 0 Å². The summed E-state index contributed by atoms with van der Waals surface area (Å²) in [5, 5.41) is 8.52. The average molecular weight is 377 g/mol. The van der Waals surface area contributed by atoms with E-state index in [1.165, 1.54) is 33.5 Å². The molecule has 0 N–H and O–H groups in total. The van der Waals surface area contributed by atoms with Crippen molar-refractivity contribution in [3.63, 3.8) is 0 Å². The topological polar surface area (TPSA) is 76.3 Å². The zero-order chi connectivity index (χ0) is 17.4. The third-order valence-corrected chi connectivity index (χ3v) is 6.67. The van der Waals surface area contributed by atoms with Gasteiger partial charge >= 0.3 is 0 Å². The second kappa shape index (κ2) is 6.92. The summed E-state index contributed by atoms with van der Waals surface area (Å²) < 4.78 is 5.71.